The van der Waals surface area contributed by atoms with Crippen LogP contribution in [0.3, 0.4) is 0 Å². The zero-order chi connectivity index (χ0) is 27.5. The lowest BCUT2D eigenvalue weighted by Gasteiger charge is -2.06. The van der Waals surface area contributed by atoms with Crippen molar-refractivity contribution >= 4 is 29.0 Å². The summed E-state index contributed by atoms with van der Waals surface area (Å²) in [5.74, 6) is 0. The van der Waals surface area contributed by atoms with Gasteiger partial charge < -0.3 is 5.11 Å². The summed E-state index contributed by atoms with van der Waals surface area (Å²) < 4.78 is 74.5. The lowest BCUT2D eigenvalue weighted by molar-refractivity contribution is -0.138. The molecule has 4 nitrogen and oxygen atoms in total. The predicted molar refractivity (Wildman–Crippen MR) is 131 cm³/mol. The fraction of sp³-hybridized carbons (Fsp3) is 0.240. The topological polar surface area (TPSA) is 63.1 Å². The molecular weight excluding hydrogens is 538 g/mol. The maximum Gasteiger partial charge on any atom is 0.416 e. The molecule has 0 amide bonds. The molecule has 4 rings (SSSR count). The first kappa shape index (κ1) is 28.5. The highest BCUT2D eigenvalue weighted by Gasteiger charge is 2.31. The molecule has 12 heteroatoms. The van der Waals surface area contributed by atoms with Crippen LogP contribution in [0, 0.1) is 13.8 Å². The van der Waals surface area contributed by atoms with Gasteiger partial charge in [-0.1, -0.05) is 24.3 Å². The van der Waals surface area contributed by atoms with Gasteiger partial charge in [0.25, 0.3) is 0 Å². The molecule has 0 spiro atoms. The molecule has 2 aromatic carbocycles. The highest BCUT2D eigenvalue weighted by Crippen LogP contribution is 2.35. The zero-order valence-corrected chi connectivity index (χ0v) is 21.2. The van der Waals surface area contributed by atoms with Gasteiger partial charge in [-0.3, -0.25) is 4.79 Å². The number of rotatable bonds is 4. The molecule has 2 heterocycles. The van der Waals surface area contributed by atoms with Crippen molar-refractivity contribution in [3.8, 4) is 21.1 Å². The van der Waals surface area contributed by atoms with E-state index in [9.17, 15) is 36.2 Å². The second-order valence-corrected chi connectivity index (χ2v) is 9.94. The first-order chi connectivity index (χ1) is 17.2. The number of carbonyl (C=O) groups excluding carboxylic acids is 1. The van der Waals surface area contributed by atoms with Crippen LogP contribution in [0.4, 0.5) is 26.3 Å². The van der Waals surface area contributed by atoms with E-state index < -0.39 is 29.6 Å². The van der Waals surface area contributed by atoms with Gasteiger partial charge in [0.1, 0.15) is 10.0 Å². The molecule has 0 aliphatic heterocycles. The second-order valence-electron chi connectivity index (χ2n) is 7.88. The normalized spacial score (nSPS) is 12.6. The second kappa shape index (κ2) is 11.1. The Kier molecular flexibility index (Phi) is 8.56. The maximum atomic E-state index is 12.5. The summed E-state index contributed by atoms with van der Waals surface area (Å²) in [6, 6.07) is 9.59. The highest BCUT2D eigenvalue weighted by atomic mass is 32.1. The molecule has 0 fully saturated rings. The Bertz CT molecular complexity index is 1360. The quantitative estimate of drug-likeness (QED) is 0.203. The molecule has 0 saturated heterocycles. The van der Waals surface area contributed by atoms with E-state index >= 15 is 0 Å². The molecule has 2 aromatic heterocycles. The van der Waals surface area contributed by atoms with Crippen molar-refractivity contribution in [2.75, 3.05) is 0 Å². The minimum absolute atomic E-state index is 0.491. The molecule has 0 bridgehead atoms. The standard InChI is InChI=1S/C13H12F3NOS.C12H8F3NOS/c1-7-11(8(2)18)19-12(17-7)9-3-5-10(6-4-9)13(14,15)16;1-7-10(6-17)18-11(16-7)8-2-4-9(5-3-8)12(13,14)15/h3-6,8,18H,1-2H3;2-6H,1H3. The van der Waals surface area contributed by atoms with E-state index in [2.05, 4.69) is 9.97 Å². The van der Waals surface area contributed by atoms with Crippen molar-refractivity contribution in [3.63, 3.8) is 0 Å². The van der Waals surface area contributed by atoms with E-state index in [1.54, 1.807) is 20.8 Å². The summed E-state index contributed by atoms with van der Waals surface area (Å²) in [7, 11) is 0. The molecule has 0 aliphatic carbocycles. The van der Waals surface area contributed by atoms with E-state index in [1.807, 2.05) is 0 Å². The van der Waals surface area contributed by atoms with E-state index in [4.69, 9.17) is 0 Å². The van der Waals surface area contributed by atoms with Crippen LogP contribution in [-0.4, -0.2) is 21.4 Å². The monoisotopic (exact) mass is 558 g/mol. The van der Waals surface area contributed by atoms with E-state index in [0.29, 0.717) is 43.7 Å². The Morgan fingerprint density at radius 1 is 0.757 bits per heavy atom. The molecule has 37 heavy (non-hydrogen) atoms. The number of halogens is 6. The zero-order valence-electron chi connectivity index (χ0n) is 19.6. The number of aliphatic hydroxyl groups is 1. The Morgan fingerprint density at radius 2 is 1.16 bits per heavy atom. The van der Waals surface area contributed by atoms with Crippen LogP contribution < -0.4 is 0 Å². The van der Waals surface area contributed by atoms with Gasteiger partial charge in [-0.05, 0) is 45.0 Å². The maximum absolute atomic E-state index is 12.5. The van der Waals surface area contributed by atoms with E-state index in [0.717, 1.165) is 29.1 Å². The number of alkyl halides is 6. The molecule has 0 radical (unpaired) electrons. The molecule has 1 unspecified atom stereocenters. The first-order valence-corrected chi connectivity index (χ1v) is 12.3. The average Bonchev–Trinajstić information content (AvgIpc) is 3.41. The SMILES string of the molecule is Cc1nc(-c2ccc(C(F)(F)F)cc2)sc1C(C)O.Cc1nc(-c2ccc(C(F)(F)F)cc2)sc1C=O. The number of aromatic nitrogens is 2. The van der Waals surface area contributed by atoms with Gasteiger partial charge >= 0.3 is 12.4 Å². The van der Waals surface area contributed by atoms with Crippen molar-refractivity contribution in [1.29, 1.82) is 0 Å². The third-order valence-corrected chi connectivity index (χ3v) is 7.58. The van der Waals surface area contributed by atoms with Crippen LogP contribution in [0.25, 0.3) is 21.1 Å². The number of aliphatic hydroxyl groups excluding tert-OH is 1. The largest absolute Gasteiger partial charge is 0.416 e. The summed E-state index contributed by atoms with van der Waals surface area (Å²) >= 11 is 2.46. The molecule has 0 aliphatic rings. The van der Waals surface area contributed by atoms with Gasteiger partial charge in [-0.25, -0.2) is 9.97 Å². The van der Waals surface area contributed by atoms with Crippen molar-refractivity contribution in [1.82, 2.24) is 9.97 Å². The average molecular weight is 559 g/mol. The molecule has 1 N–H and O–H groups in total. The first-order valence-electron chi connectivity index (χ1n) is 10.6. The van der Waals surface area contributed by atoms with Crippen LogP contribution in [0.15, 0.2) is 48.5 Å². The number of hydrogen-bond acceptors (Lipinski definition) is 6. The van der Waals surface area contributed by atoms with Crippen LogP contribution >= 0.6 is 22.7 Å². The Morgan fingerprint density at radius 3 is 1.49 bits per heavy atom. The van der Waals surface area contributed by atoms with Crippen molar-refractivity contribution in [2.24, 2.45) is 0 Å². The molecule has 1 atom stereocenters. The Labute approximate surface area is 216 Å². The van der Waals surface area contributed by atoms with Gasteiger partial charge in [0, 0.05) is 11.1 Å². The van der Waals surface area contributed by atoms with Crippen LogP contribution in [-0.2, 0) is 12.4 Å². The van der Waals surface area contributed by atoms with Crippen LogP contribution in [0.1, 0.15) is 50.1 Å². The Hall–Kier alpha value is -3.09. The lowest BCUT2D eigenvalue weighted by atomic mass is 10.1. The van der Waals surface area contributed by atoms with Crippen LogP contribution in [0.2, 0.25) is 0 Å². The van der Waals surface area contributed by atoms with Crippen molar-refractivity contribution in [2.45, 2.75) is 39.2 Å². The van der Waals surface area contributed by atoms with Gasteiger partial charge in [0.15, 0.2) is 6.29 Å². The van der Waals surface area contributed by atoms with E-state index in [-0.39, 0.29) is 0 Å². The third-order valence-electron chi connectivity index (χ3n) is 5.07. The fourth-order valence-electron chi connectivity index (χ4n) is 3.16. The van der Waals surface area contributed by atoms with Gasteiger partial charge in [0.05, 0.1) is 38.4 Å². The van der Waals surface area contributed by atoms with Gasteiger partial charge in [-0.15, -0.1) is 22.7 Å². The summed E-state index contributed by atoms with van der Waals surface area (Å²) in [5.41, 5.74) is 1.10. The smallest absolute Gasteiger partial charge is 0.388 e. The number of nitrogens with zero attached hydrogens (tertiary/aromatic N) is 2. The third kappa shape index (κ3) is 7.02. The Balaban J connectivity index is 0.000000206. The number of hydrogen-bond donors (Lipinski definition) is 1. The number of carbonyl (C=O) groups is 1. The minimum atomic E-state index is -4.34. The number of aryl methyl sites for hydroxylation is 2. The molecule has 0 saturated carbocycles. The van der Waals surface area contributed by atoms with E-state index in [1.165, 1.54) is 46.9 Å². The fourth-order valence-corrected chi connectivity index (χ4v) is 5.06. The lowest BCUT2D eigenvalue weighted by Crippen LogP contribution is -2.03. The van der Waals surface area contributed by atoms with Crippen molar-refractivity contribution < 1.29 is 36.2 Å². The molecular formula is C25H20F6N2O2S2. The van der Waals surface area contributed by atoms with Gasteiger partial charge in [0.2, 0.25) is 0 Å². The highest BCUT2D eigenvalue weighted by molar-refractivity contribution is 7.16. The molecule has 196 valence electrons. The predicted octanol–water partition coefficient (Wildman–Crippen LogP) is 8.14. The van der Waals surface area contributed by atoms with Gasteiger partial charge in [-0.2, -0.15) is 26.3 Å². The molecule has 4 aromatic rings. The number of thiazole rings is 2. The van der Waals surface area contributed by atoms with Crippen molar-refractivity contribution in [3.05, 3.63) is 80.8 Å². The summed E-state index contributed by atoms with van der Waals surface area (Å²) in [5, 5.41) is 10.7. The number of aldehydes is 1. The summed E-state index contributed by atoms with van der Waals surface area (Å²) in [6.45, 7) is 5.09. The summed E-state index contributed by atoms with van der Waals surface area (Å²) in [4.78, 5) is 20.3. The number of benzene rings is 2. The van der Waals surface area contributed by atoms with Crippen LogP contribution in [0.5, 0.6) is 0 Å². The summed E-state index contributed by atoms with van der Waals surface area (Å²) in [6.07, 6.45) is -8.60. The minimum Gasteiger partial charge on any atom is -0.388 e.